The molecular weight excluding hydrogens is 318 g/mol. The average Bonchev–Trinajstić information content (AvgIpc) is 2.32. The lowest BCUT2D eigenvalue weighted by Gasteiger charge is -2.30. The molecule has 100 valence electrons. The summed E-state index contributed by atoms with van der Waals surface area (Å²) in [7, 11) is 0. The molecule has 0 radical (unpaired) electrons. The van der Waals surface area contributed by atoms with Crippen LogP contribution in [-0.4, -0.2) is 29.1 Å². The second kappa shape index (κ2) is 7.12. The van der Waals surface area contributed by atoms with Crippen molar-refractivity contribution in [1.82, 2.24) is 4.90 Å². The van der Waals surface area contributed by atoms with Crippen molar-refractivity contribution in [3.8, 4) is 0 Å². The highest BCUT2D eigenvalue weighted by Crippen LogP contribution is 2.19. The van der Waals surface area contributed by atoms with E-state index in [9.17, 15) is 4.79 Å². The van der Waals surface area contributed by atoms with Crippen LogP contribution < -0.4 is 0 Å². The fourth-order valence-electron chi connectivity index (χ4n) is 2.25. The van der Waals surface area contributed by atoms with Crippen molar-refractivity contribution in [3.05, 3.63) is 34.3 Å². The molecule has 0 saturated carbocycles. The number of halogens is 2. The Morgan fingerprint density at radius 3 is 2.67 bits per heavy atom. The molecular formula is C13H17BrClNO2. The second-order valence-corrected chi connectivity index (χ2v) is 5.45. The summed E-state index contributed by atoms with van der Waals surface area (Å²) in [6, 6.07) is 8.20. The minimum atomic E-state index is -0.662. The number of hydrogen-bond donors (Lipinski definition) is 1. The van der Waals surface area contributed by atoms with Crippen LogP contribution in [0.3, 0.4) is 0 Å². The van der Waals surface area contributed by atoms with Gasteiger partial charge in [0.1, 0.15) is 0 Å². The van der Waals surface area contributed by atoms with Gasteiger partial charge in [0.05, 0.1) is 5.92 Å². The van der Waals surface area contributed by atoms with Gasteiger partial charge in [-0.05, 0) is 37.1 Å². The van der Waals surface area contributed by atoms with Gasteiger partial charge in [-0.2, -0.15) is 0 Å². The van der Waals surface area contributed by atoms with E-state index in [1.54, 1.807) is 0 Å². The van der Waals surface area contributed by atoms with E-state index in [4.69, 9.17) is 5.11 Å². The number of likely N-dealkylation sites (tertiary alicyclic amines) is 1. The van der Waals surface area contributed by atoms with Crippen LogP contribution in [0.25, 0.3) is 0 Å². The third-order valence-electron chi connectivity index (χ3n) is 3.17. The summed E-state index contributed by atoms with van der Waals surface area (Å²) in [5, 5.41) is 9.03. The van der Waals surface area contributed by atoms with Crippen molar-refractivity contribution < 1.29 is 9.90 Å². The first-order valence-corrected chi connectivity index (χ1v) is 6.64. The Hall–Kier alpha value is -0.580. The predicted octanol–water partition coefficient (Wildman–Crippen LogP) is 3.17. The summed E-state index contributed by atoms with van der Waals surface area (Å²) in [5.41, 5.74) is 1.24. The Labute approximate surface area is 122 Å². The van der Waals surface area contributed by atoms with Crippen molar-refractivity contribution in [3.63, 3.8) is 0 Å². The summed E-state index contributed by atoms with van der Waals surface area (Å²) < 4.78 is 1.07. The number of hydrogen-bond acceptors (Lipinski definition) is 2. The molecule has 3 nitrogen and oxygen atoms in total. The van der Waals surface area contributed by atoms with Crippen LogP contribution in [0, 0.1) is 5.92 Å². The molecule has 0 spiro atoms. The van der Waals surface area contributed by atoms with Gasteiger partial charge < -0.3 is 5.11 Å². The number of carboxylic acid groups (broad SMARTS) is 1. The Kier molecular flexibility index (Phi) is 6.12. The monoisotopic (exact) mass is 333 g/mol. The maximum Gasteiger partial charge on any atom is 0.307 e. The minimum Gasteiger partial charge on any atom is -0.481 e. The van der Waals surface area contributed by atoms with E-state index in [2.05, 4.69) is 33.0 Å². The Bertz CT molecular complexity index is 396. The zero-order chi connectivity index (χ0) is 12.3. The first kappa shape index (κ1) is 15.5. The normalized spacial score (nSPS) is 20.2. The highest BCUT2D eigenvalue weighted by Gasteiger charge is 2.25. The number of carbonyl (C=O) groups is 1. The average molecular weight is 335 g/mol. The highest BCUT2D eigenvalue weighted by atomic mass is 79.9. The van der Waals surface area contributed by atoms with Crippen LogP contribution in [0.5, 0.6) is 0 Å². The number of benzene rings is 1. The van der Waals surface area contributed by atoms with E-state index in [0.29, 0.717) is 6.54 Å². The maximum absolute atomic E-state index is 11.0. The zero-order valence-corrected chi connectivity index (χ0v) is 12.4. The SMILES string of the molecule is Cl.O=C(O)C1CCCN(Cc2ccc(Br)cc2)C1. The van der Waals surface area contributed by atoms with Crippen molar-refractivity contribution in [2.75, 3.05) is 13.1 Å². The molecule has 5 heteroatoms. The van der Waals surface area contributed by atoms with Gasteiger partial charge >= 0.3 is 5.97 Å². The van der Waals surface area contributed by atoms with Crippen LogP contribution in [-0.2, 0) is 11.3 Å². The number of aliphatic carboxylic acids is 1. The number of rotatable bonds is 3. The fraction of sp³-hybridized carbons (Fsp3) is 0.462. The van der Waals surface area contributed by atoms with E-state index < -0.39 is 5.97 Å². The molecule has 1 atom stereocenters. The van der Waals surface area contributed by atoms with E-state index in [1.165, 1.54) is 5.56 Å². The van der Waals surface area contributed by atoms with E-state index in [0.717, 1.165) is 30.4 Å². The Morgan fingerprint density at radius 1 is 1.39 bits per heavy atom. The molecule has 0 aliphatic carbocycles. The van der Waals surface area contributed by atoms with Gasteiger partial charge in [0.15, 0.2) is 0 Å². The van der Waals surface area contributed by atoms with Crippen LogP contribution in [0.1, 0.15) is 18.4 Å². The van der Waals surface area contributed by atoms with Gasteiger partial charge in [-0.15, -0.1) is 12.4 Å². The predicted molar refractivity (Wildman–Crippen MR) is 77.0 cm³/mol. The van der Waals surface area contributed by atoms with Crippen LogP contribution in [0.4, 0.5) is 0 Å². The van der Waals surface area contributed by atoms with E-state index >= 15 is 0 Å². The van der Waals surface area contributed by atoms with Crippen molar-refractivity contribution >= 4 is 34.3 Å². The number of carboxylic acids is 1. The van der Waals surface area contributed by atoms with Crippen molar-refractivity contribution in [1.29, 1.82) is 0 Å². The number of nitrogens with zero attached hydrogens (tertiary/aromatic N) is 1. The van der Waals surface area contributed by atoms with Gasteiger partial charge in [-0.3, -0.25) is 9.69 Å². The van der Waals surface area contributed by atoms with Crippen molar-refractivity contribution in [2.24, 2.45) is 5.92 Å². The third-order valence-corrected chi connectivity index (χ3v) is 3.70. The summed E-state index contributed by atoms with van der Waals surface area (Å²) in [6.45, 7) is 2.52. The van der Waals surface area contributed by atoms with Gasteiger partial charge in [0, 0.05) is 17.6 Å². The number of piperidine rings is 1. The molecule has 1 heterocycles. The zero-order valence-electron chi connectivity index (χ0n) is 10.0. The summed E-state index contributed by atoms with van der Waals surface area (Å²) in [4.78, 5) is 13.2. The molecule has 1 aliphatic heterocycles. The molecule has 1 unspecified atom stereocenters. The van der Waals surface area contributed by atoms with Gasteiger partial charge in [0.2, 0.25) is 0 Å². The topological polar surface area (TPSA) is 40.5 Å². The Morgan fingerprint density at radius 2 is 2.06 bits per heavy atom. The second-order valence-electron chi connectivity index (χ2n) is 4.54. The van der Waals surface area contributed by atoms with Crippen LogP contribution >= 0.6 is 28.3 Å². The summed E-state index contributed by atoms with van der Waals surface area (Å²) >= 11 is 3.41. The molecule has 18 heavy (non-hydrogen) atoms. The van der Waals surface area contributed by atoms with Gasteiger partial charge in [-0.1, -0.05) is 28.1 Å². The molecule has 1 N–H and O–H groups in total. The molecule has 1 aliphatic rings. The molecule has 0 amide bonds. The molecule has 1 saturated heterocycles. The lowest BCUT2D eigenvalue weighted by atomic mass is 9.98. The molecule has 1 aromatic rings. The minimum absolute atomic E-state index is 0. The first-order valence-electron chi connectivity index (χ1n) is 5.85. The third kappa shape index (κ3) is 4.26. The lowest BCUT2D eigenvalue weighted by molar-refractivity contribution is -0.143. The largest absolute Gasteiger partial charge is 0.481 e. The highest BCUT2D eigenvalue weighted by molar-refractivity contribution is 9.10. The molecule has 1 fully saturated rings. The fourth-order valence-corrected chi connectivity index (χ4v) is 2.51. The maximum atomic E-state index is 11.0. The smallest absolute Gasteiger partial charge is 0.307 e. The van der Waals surface area contributed by atoms with Gasteiger partial charge in [0.25, 0.3) is 0 Å². The standard InChI is InChI=1S/C13H16BrNO2.ClH/c14-12-5-3-10(4-6-12)8-15-7-1-2-11(9-15)13(16)17;/h3-6,11H,1-2,7-9H2,(H,16,17);1H. The molecule has 1 aromatic carbocycles. The molecule has 0 bridgehead atoms. The first-order chi connectivity index (χ1) is 8.15. The quantitative estimate of drug-likeness (QED) is 0.923. The van der Waals surface area contributed by atoms with Crippen molar-refractivity contribution in [2.45, 2.75) is 19.4 Å². The van der Waals surface area contributed by atoms with E-state index in [-0.39, 0.29) is 18.3 Å². The molecule has 2 rings (SSSR count). The summed E-state index contributed by atoms with van der Waals surface area (Å²) in [5.74, 6) is -0.857. The summed E-state index contributed by atoms with van der Waals surface area (Å²) in [6.07, 6.45) is 1.79. The van der Waals surface area contributed by atoms with E-state index in [1.807, 2.05) is 12.1 Å². The Balaban J connectivity index is 0.00000162. The lowest BCUT2D eigenvalue weighted by Crippen LogP contribution is -2.38. The molecule has 0 aromatic heterocycles. The van der Waals surface area contributed by atoms with Gasteiger partial charge in [-0.25, -0.2) is 0 Å². The van der Waals surface area contributed by atoms with Crippen LogP contribution in [0.15, 0.2) is 28.7 Å². The van der Waals surface area contributed by atoms with Crippen LogP contribution in [0.2, 0.25) is 0 Å².